The van der Waals surface area contributed by atoms with E-state index in [4.69, 9.17) is 4.74 Å². The normalized spacial score (nSPS) is 50.3. The summed E-state index contributed by atoms with van der Waals surface area (Å²) < 4.78 is 21.2. The van der Waals surface area contributed by atoms with Gasteiger partial charge in [-0.25, -0.2) is 4.39 Å². The first-order valence-corrected chi connectivity index (χ1v) is 11.9. The van der Waals surface area contributed by atoms with Crippen molar-refractivity contribution in [2.45, 2.75) is 109 Å². The first-order valence-electron chi connectivity index (χ1n) is 11.9. The lowest BCUT2D eigenvalue weighted by Gasteiger charge is -2.66. The van der Waals surface area contributed by atoms with Crippen LogP contribution in [0.1, 0.15) is 104 Å². The largest absolute Gasteiger partial charge is 0.455 e. The third kappa shape index (κ3) is 2.59. The number of hydrogen-bond donors (Lipinski definition) is 0. The van der Waals surface area contributed by atoms with Crippen LogP contribution < -0.4 is 0 Å². The molecule has 0 atom stereocenters. The van der Waals surface area contributed by atoms with Crippen LogP contribution in [0.15, 0.2) is 11.9 Å². The highest BCUT2D eigenvalue weighted by atomic mass is 19.1. The van der Waals surface area contributed by atoms with Gasteiger partial charge in [-0.2, -0.15) is 0 Å². The van der Waals surface area contributed by atoms with Crippen molar-refractivity contribution in [3.05, 3.63) is 11.9 Å². The van der Waals surface area contributed by atoms with Gasteiger partial charge >= 0.3 is 5.97 Å². The lowest BCUT2D eigenvalue weighted by Crippen LogP contribution is -2.58. The highest BCUT2D eigenvalue weighted by molar-refractivity contribution is 5.67. The zero-order chi connectivity index (χ0) is 19.6. The van der Waals surface area contributed by atoms with Gasteiger partial charge < -0.3 is 4.74 Å². The summed E-state index contributed by atoms with van der Waals surface area (Å²) in [6, 6.07) is 0. The van der Waals surface area contributed by atoms with E-state index in [2.05, 4.69) is 6.92 Å². The average molecular weight is 389 g/mol. The molecule has 7 aliphatic carbocycles. The fraction of sp³-hybridized carbons (Fsp3) is 0.880. The average Bonchev–Trinajstić information content (AvgIpc) is 2.69. The van der Waals surface area contributed by atoms with Gasteiger partial charge in [0.1, 0.15) is 11.4 Å². The maximum Gasteiger partial charge on any atom is 0.303 e. The Balaban J connectivity index is 1.36. The first kappa shape index (κ1) is 19.1. The highest BCUT2D eigenvalue weighted by Crippen LogP contribution is 2.73. The topological polar surface area (TPSA) is 26.3 Å². The van der Waals surface area contributed by atoms with Crippen molar-refractivity contribution in [3.63, 3.8) is 0 Å². The van der Waals surface area contributed by atoms with Crippen LogP contribution in [-0.4, -0.2) is 11.6 Å². The Morgan fingerprint density at radius 1 is 0.929 bits per heavy atom. The van der Waals surface area contributed by atoms with Gasteiger partial charge in [0, 0.05) is 12.3 Å². The molecule has 0 spiro atoms. The van der Waals surface area contributed by atoms with Crippen molar-refractivity contribution < 1.29 is 13.9 Å². The number of allylic oxidation sites excluding steroid dienone is 1. The molecular weight excluding hydrogens is 351 g/mol. The monoisotopic (exact) mass is 388 g/mol. The van der Waals surface area contributed by atoms with E-state index in [1.807, 2.05) is 0 Å². The fourth-order valence-electron chi connectivity index (χ4n) is 8.47. The number of hydrogen-bond acceptors (Lipinski definition) is 2. The van der Waals surface area contributed by atoms with E-state index in [1.54, 1.807) is 6.08 Å². The van der Waals surface area contributed by atoms with Crippen LogP contribution in [0.3, 0.4) is 0 Å². The van der Waals surface area contributed by atoms with Crippen molar-refractivity contribution in [2.75, 3.05) is 0 Å². The number of esters is 1. The molecule has 0 saturated heterocycles. The van der Waals surface area contributed by atoms with Crippen LogP contribution in [0.5, 0.6) is 0 Å². The predicted octanol–water partition coefficient (Wildman–Crippen LogP) is 6.88. The van der Waals surface area contributed by atoms with Crippen molar-refractivity contribution in [1.29, 1.82) is 0 Å². The standard InChI is InChI=1S/C25H37FO2/c1-18-3-5-20(6-4-18)22-7-10-23(11-8-22,12-9-22)25-15-13-24(14-16-25,17-21(25)26)28-19(2)27/h17-18,20H,3-16H2,1-2H3. The van der Waals surface area contributed by atoms with E-state index in [1.165, 1.54) is 71.1 Å². The third-order valence-corrected chi connectivity index (χ3v) is 10.3. The number of ether oxygens (including phenoxy) is 1. The third-order valence-electron chi connectivity index (χ3n) is 10.3. The number of halogens is 1. The van der Waals surface area contributed by atoms with E-state index in [0.717, 1.165) is 37.5 Å². The van der Waals surface area contributed by atoms with Gasteiger partial charge in [-0.05, 0) is 106 Å². The lowest BCUT2D eigenvalue weighted by molar-refractivity contribution is -0.175. The van der Waals surface area contributed by atoms with Crippen molar-refractivity contribution in [2.24, 2.45) is 28.1 Å². The molecule has 7 rings (SSSR count). The number of fused-ring (bicyclic) bond motifs is 5. The van der Waals surface area contributed by atoms with Crippen molar-refractivity contribution in [3.8, 4) is 0 Å². The van der Waals surface area contributed by atoms with Gasteiger partial charge in [-0.15, -0.1) is 0 Å². The highest BCUT2D eigenvalue weighted by Gasteiger charge is 2.65. The summed E-state index contributed by atoms with van der Waals surface area (Å²) in [6.45, 7) is 3.86. The molecule has 0 aromatic heterocycles. The molecule has 5 saturated carbocycles. The lowest BCUT2D eigenvalue weighted by atomic mass is 9.39. The fourth-order valence-corrected chi connectivity index (χ4v) is 8.47. The SMILES string of the molecule is CC(=O)OC12C=C(F)C(C34CCC(C5CCC(C)CC5)(CC3)CC4)(CC1)CC2. The summed E-state index contributed by atoms with van der Waals surface area (Å²) in [5.41, 5.74) is -0.174. The molecule has 0 aliphatic heterocycles. The molecule has 0 unspecified atom stereocenters. The number of carbonyl (C=O) groups is 1. The van der Waals surface area contributed by atoms with E-state index in [0.29, 0.717) is 5.41 Å². The van der Waals surface area contributed by atoms with Crippen LogP contribution in [-0.2, 0) is 9.53 Å². The minimum absolute atomic E-state index is 0.0622. The molecule has 3 heteroatoms. The van der Waals surface area contributed by atoms with Crippen LogP contribution >= 0.6 is 0 Å². The second-order valence-corrected chi connectivity index (χ2v) is 11.3. The maximum absolute atomic E-state index is 15.6. The van der Waals surface area contributed by atoms with Crippen LogP contribution in [0.2, 0.25) is 0 Å². The Bertz CT molecular complexity index is 652. The summed E-state index contributed by atoms with van der Waals surface area (Å²) in [4.78, 5) is 11.5. The zero-order valence-corrected chi connectivity index (χ0v) is 17.8. The predicted molar refractivity (Wildman–Crippen MR) is 108 cm³/mol. The maximum atomic E-state index is 15.6. The molecule has 0 aromatic carbocycles. The Morgan fingerprint density at radius 3 is 2.00 bits per heavy atom. The molecule has 4 bridgehead atoms. The van der Waals surface area contributed by atoms with Gasteiger partial charge in [0.05, 0.1) is 0 Å². The summed E-state index contributed by atoms with van der Waals surface area (Å²) in [5, 5.41) is 0. The Hall–Kier alpha value is -0.860. The number of rotatable bonds is 3. The van der Waals surface area contributed by atoms with Gasteiger partial charge in [0.25, 0.3) is 0 Å². The smallest absolute Gasteiger partial charge is 0.303 e. The Labute approximate surface area is 169 Å². The van der Waals surface area contributed by atoms with Crippen LogP contribution in [0, 0.1) is 28.1 Å². The quantitative estimate of drug-likeness (QED) is 0.492. The Morgan fingerprint density at radius 2 is 1.50 bits per heavy atom. The minimum atomic E-state index is -0.653. The van der Waals surface area contributed by atoms with Crippen molar-refractivity contribution in [1.82, 2.24) is 0 Å². The Kier molecular flexibility index (Phi) is 4.31. The second kappa shape index (κ2) is 6.32. The summed E-state index contributed by atoms with van der Waals surface area (Å²) in [7, 11) is 0. The first-order chi connectivity index (χ1) is 13.3. The summed E-state index contributed by atoms with van der Waals surface area (Å²) >= 11 is 0. The minimum Gasteiger partial charge on any atom is -0.455 e. The van der Waals surface area contributed by atoms with E-state index in [9.17, 15) is 4.79 Å². The van der Waals surface area contributed by atoms with E-state index in [-0.39, 0.29) is 22.6 Å². The molecule has 0 radical (unpaired) electrons. The molecule has 5 fully saturated rings. The van der Waals surface area contributed by atoms with E-state index >= 15 is 4.39 Å². The van der Waals surface area contributed by atoms with Crippen LogP contribution in [0.4, 0.5) is 4.39 Å². The molecule has 28 heavy (non-hydrogen) atoms. The van der Waals surface area contributed by atoms with Crippen molar-refractivity contribution >= 4 is 5.97 Å². The molecule has 0 N–H and O–H groups in total. The van der Waals surface area contributed by atoms with Crippen LogP contribution in [0.25, 0.3) is 0 Å². The summed E-state index contributed by atoms with van der Waals surface area (Å²) in [6.07, 6.45) is 18.4. The van der Waals surface area contributed by atoms with E-state index < -0.39 is 5.60 Å². The molecule has 156 valence electrons. The molecule has 7 aliphatic rings. The second-order valence-electron chi connectivity index (χ2n) is 11.3. The molecular formula is C25H37FO2. The number of carbonyl (C=O) groups excluding carboxylic acids is 1. The van der Waals surface area contributed by atoms with Gasteiger partial charge in [-0.1, -0.05) is 19.8 Å². The molecule has 2 nitrogen and oxygen atoms in total. The van der Waals surface area contributed by atoms with Gasteiger partial charge in [0.2, 0.25) is 0 Å². The summed E-state index contributed by atoms with van der Waals surface area (Å²) in [5.74, 6) is 1.62. The molecule has 0 amide bonds. The van der Waals surface area contributed by atoms with Gasteiger partial charge in [0.15, 0.2) is 0 Å². The van der Waals surface area contributed by atoms with Gasteiger partial charge in [-0.3, -0.25) is 4.79 Å². The zero-order valence-electron chi connectivity index (χ0n) is 17.8. The molecule has 0 aromatic rings. The molecule has 0 heterocycles.